The van der Waals surface area contributed by atoms with E-state index in [1.807, 2.05) is 31.3 Å². The Morgan fingerprint density at radius 3 is 2.71 bits per heavy atom. The maximum atomic E-state index is 12.7. The number of hydrogen-bond donors (Lipinski definition) is 1. The van der Waals surface area contributed by atoms with Gasteiger partial charge in [0.2, 0.25) is 5.91 Å². The topological polar surface area (TPSA) is 53.0 Å². The molecule has 0 spiro atoms. The van der Waals surface area contributed by atoms with Crippen LogP contribution in [0.25, 0.3) is 0 Å². The average Bonchev–Trinajstić information content (AvgIpc) is 3.24. The molecule has 0 unspecified atom stereocenters. The van der Waals surface area contributed by atoms with Crippen molar-refractivity contribution in [1.82, 2.24) is 9.80 Å². The number of rotatable bonds is 5. The Kier molecular flexibility index (Phi) is 5.41. The number of carbonyl (C=O) groups is 1. The minimum Gasteiger partial charge on any atom is -0.496 e. The molecule has 1 aliphatic heterocycles. The van der Waals surface area contributed by atoms with Gasteiger partial charge in [0.1, 0.15) is 5.75 Å². The van der Waals surface area contributed by atoms with Crippen LogP contribution in [0.4, 0.5) is 0 Å². The summed E-state index contributed by atoms with van der Waals surface area (Å²) < 4.78 is 5.33. The monoisotopic (exact) mass is 332 g/mol. The first kappa shape index (κ1) is 17.2. The second-order valence-electron chi connectivity index (χ2n) is 6.94. The highest BCUT2D eigenvalue weighted by atomic mass is 16.5. The highest BCUT2D eigenvalue weighted by Gasteiger charge is 2.41. The SMILES string of the molecule is COc1ccccc1CC(=O)N(C)[C@@H]1CC[C@@H](N2CCCC2)[C@@H]1O. The number of amides is 1. The zero-order valence-electron chi connectivity index (χ0n) is 14.6. The summed E-state index contributed by atoms with van der Waals surface area (Å²) in [5.74, 6) is 0.770. The van der Waals surface area contributed by atoms with Crippen LogP contribution in [0.1, 0.15) is 31.2 Å². The second kappa shape index (κ2) is 7.53. The van der Waals surface area contributed by atoms with Gasteiger partial charge in [-0.3, -0.25) is 9.69 Å². The van der Waals surface area contributed by atoms with Crippen LogP contribution in [-0.4, -0.2) is 66.2 Å². The van der Waals surface area contributed by atoms with Crippen LogP contribution < -0.4 is 4.74 Å². The molecule has 1 aromatic carbocycles. The van der Waals surface area contributed by atoms with Crippen LogP contribution in [0.15, 0.2) is 24.3 Å². The van der Waals surface area contributed by atoms with Gasteiger partial charge in [-0.15, -0.1) is 0 Å². The van der Waals surface area contributed by atoms with Crippen molar-refractivity contribution in [2.24, 2.45) is 0 Å². The van der Waals surface area contributed by atoms with Crippen molar-refractivity contribution in [3.8, 4) is 5.75 Å². The number of benzene rings is 1. The van der Waals surface area contributed by atoms with Gasteiger partial charge in [0.05, 0.1) is 25.7 Å². The van der Waals surface area contributed by atoms with Crippen molar-refractivity contribution in [2.45, 2.75) is 50.3 Å². The van der Waals surface area contributed by atoms with Crippen LogP contribution in [0.5, 0.6) is 5.75 Å². The molecule has 132 valence electrons. The third-order valence-electron chi connectivity index (χ3n) is 5.58. The first-order valence-corrected chi connectivity index (χ1v) is 8.91. The summed E-state index contributed by atoms with van der Waals surface area (Å²) in [4.78, 5) is 16.8. The van der Waals surface area contributed by atoms with Gasteiger partial charge in [-0.05, 0) is 44.8 Å². The van der Waals surface area contributed by atoms with Gasteiger partial charge in [-0.2, -0.15) is 0 Å². The van der Waals surface area contributed by atoms with E-state index in [-0.39, 0.29) is 18.0 Å². The minimum absolute atomic E-state index is 0.0330. The number of methoxy groups -OCH3 is 1. The molecule has 2 aliphatic rings. The summed E-state index contributed by atoms with van der Waals surface area (Å²) in [6.45, 7) is 2.15. The fourth-order valence-electron chi connectivity index (χ4n) is 4.16. The number of aliphatic hydroxyl groups is 1. The molecule has 1 aliphatic carbocycles. The fraction of sp³-hybridized carbons (Fsp3) is 0.632. The molecule has 5 nitrogen and oxygen atoms in total. The largest absolute Gasteiger partial charge is 0.496 e. The van der Waals surface area contributed by atoms with Gasteiger partial charge in [0, 0.05) is 18.7 Å². The number of likely N-dealkylation sites (N-methyl/N-ethyl adjacent to an activating group) is 1. The van der Waals surface area contributed by atoms with Crippen LogP contribution in [0.2, 0.25) is 0 Å². The highest BCUT2D eigenvalue weighted by molar-refractivity contribution is 5.79. The molecule has 1 aromatic rings. The van der Waals surface area contributed by atoms with Crippen molar-refractivity contribution in [3.05, 3.63) is 29.8 Å². The predicted molar refractivity (Wildman–Crippen MR) is 93.1 cm³/mol. The Labute approximate surface area is 144 Å². The molecule has 0 bridgehead atoms. The lowest BCUT2D eigenvalue weighted by molar-refractivity contribution is -0.133. The summed E-state index contributed by atoms with van der Waals surface area (Å²) in [6, 6.07) is 7.73. The van der Waals surface area contributed by atoms with E-state index in [2.05, 4.69) is 4.90 Å². The number of likely N-dealkylation sites (tertiary alicyclic amines) is 1. The van der Waals surface area contributed by atoms with E-state index in [1.54, 1.807) is 12.0 Å². The first-order valence-electron chi connectivity index (χ1n) is 8.91. The molecule has 2 fully saturated rings. The van der Waals surface area contributed by atoms with Gasteiger partial charge in [0.15, 0.2) is 0 Å². The Morgan fingerprint density at radius 1 is 1.29 bits per heavy atom. The molecule has 24 heavy (non-hydrogen) atoms. The predicted octanol–water partition coefficient (Wildman–Crippen LogP) is 1.68. The van der Waals surface area contributed by atoms with E-state index in [0.29, 0.717) is 6.42 Å². The van der Waals surface area contributed by atoms with E-state index in [4.69, 9.17) is 4.74 Å². The highest BCUT2D eigenvalue weighted by Crippen LogP contribution is 2.30. The lowest BCUT2D eigenvalue weighted by Gasteiger charge is -2.32. The second-order valence-corrected chi connectivity index (χ2v) is 6.94. The Morgan fingerprint density at radius 2 is 2.00 bits per heavy atom. The summed E-state index contributed by atoms with van der Waals surface area (Å²) in [7, 11) is 3.44. The van der Waals surface area contributed by atoms with E-state index in [1.165, 1.54) is 12.8 Å². The maximum Gasteiger partial charge on any atom is 0.227 e. The van der Waals surface area contributed by atoms with E-state index in [0.717, 1.165) is 37.2 Å². The van der Waals surface area contributed by atoms with Crippen molar-refractivity contribution >= 4 is 5.91 Å². The average molecular weight is 332 g/mol. The fourth-order valence-corrected chi connectivity index (χ4v) is 4.16. The van der Waals surface area contributed by atoms with Crippen molar-refractivity contribution in [3.63, 3.8) is 0 Å². The van der Waals surface area contributed by atoms with Crippen LogP contribution in [0, 0.1) is 0 Å². The molecule has 3 rings (SSSR count). The van der Waals surface area contributed by atoms with Gasteiger partial charge in [0.25, 0.3) is 0 Å². The molecule has 1 saturated heterocycles. The van der Waals surface area contributed by atoms with Crippen LogP contribution in [-0.2, 0) is 11.2 Å². The van der Waals surface area contributed by atoms with Gasteiger partial charge < -0.3 is 14.7 Å². The number of para-hydroxylation sites is 1. The molecular formula is C19H28N2O3. The maximum absolute atomic E-state index is 12.7. The Bertz CT molecular complexity index is 571. The lowest BCUT2D eigenvalue weighted by Crippen LogP contribution is -2.48. The smallest absolute Gasteiger partial charge is 0.227 e. The quantitative estimate of drug-likeness (QED) is 0.891. The zero-order valence-corrected chi connectivity index (χ0v) is 14.6. The molecule has 1 N–H and O–H groups in total. The summed E-state index contributed by atoms with van der Waals surface area (Å²) in [5, 5.41) is 10.7. The van der Waals surface area contributed by atoms with Crippen LogP contribution in [0.3, 0.4) is 0 Å². The van der Waals surface area contributed by atoms with E-state index < -0.39 is 6.10 Å². The third-order valence-corrected chi connectivity index (χ3v) is 5.58. The molecule has 1 saturated carbocycles. The van der Waals surface area contributed by atoms with E-state index >= 15 is 0 Å². The molecule has 3 atom stereocenters. The number of carbonyl (C=O) groups excluding carboxylic acids is 1. The van der Waals surface area contributed by atoms with Crippen molar-refractivity contribution in [2.75, 3.05) is 27.2 Å². The molecular weight excluding hydrogens is 304 g/mol. The lowest BCUT2D eigenvalue weighted by atomic mass is 10.1. The molecule has 1 amide bonds. The number of hydrogen-bond acceptors (Lipinski definition) is 4. The number of aliphatic hydroxyl groups excluding tert-OH is 1. The summed E-state index contributed by atoms with van der Waals surface area (Å²) >= 11 is 0. The molecule has 5 heteroatoms. The number of ether oxygens (including phenoxy) is 1. The zero-order chi connectivity index (χ0) is 17.1. The van der Waals surface area contributed by atoms with Gasteiger partial charge in [-0.25, -0.2) is 0 Å². The molecule has 1 heterocycles. The van der Waals surface area contributed by atoms with E-state index in [9.17, 15) is 9.90 Å². The molecule has 0 radical (unpaired) electrons. The standard InChI is InChI=1S/C19H28N2O3/c1-20(18(22)13-14-7-3-4-8-17(14)24-2)15-9-10-16(19(15)23)21-11-5-6-12-21/h3-4,7-8,15-16,19,23H,5-6,9-13H2,1-2H3/t15-,16-,19-/m1/s1. The Hall–Kier alpha value is -1.59. The normalized spacial score (nSPS) is 27.4. The van der Waals surface area contributed by atoms with Crippen LogP contribution >= 0.6 is 0 Å². The Balaban J connectivity index is 1.63. The summed E-state index contributed by atoms with van der Waals surface area (Å²) in [6.07, 6.45) is 4.13. The summed E-state index contributed by atoms with van der Waals surface area (Å²) in [5.41, 5.74) is 0.889. The minimum atomic E-state index is -0.449. The number of nitrogens with zero attached hydrogens (tertiary/aromatic N) is 2. The van der Waals surface area contributed by atoms with Crippen molar-refractivity contribution in [1.29, 1.82) is 0 Å². The third kappa shape index (κ3) is 3.42. The van der Waals surface area contributed by atoms with Crippen molar-refractivity contribution < 1.29 is 14.6 Å². The molecule has 0 aromatic heterocycles. The van der Waals surface area contributed by atoms with Gasteiger partial charge in [-0.1, -0.05) is 18.2 Å². The van der Waals surface area contributed by atoms with Gasteiger partial charge >= 0.3 is 0 Å². The first-order chi connectivity index (χ1) is 11.6.